The molecule has 0 bridgehead atoms. The van der Waals surface area contributed by atoms with Crippen LogP contribution in [0.3, 0.4) is 0 Å². The number of hydrogen-bond donors (Lipinski definition) is 2. The zero-order valence-electron chi connectivity index (χ0n) is 11.1. The third-order valence-electron chi connectivity index (χ3n) is 3.77. The molecule has 0 saturated heterocycles. The molecule has 1 fully saturated rings. The van der Waals surface area contributed by atoms with Gasteiger partial charge in [0.15, 0.2) is 0 Å². The molecule has 5 heteroatoms. The molecule has 5 nitrogen and oxygen atoms in total. The summed E-state index contributed by atoms with van der Waals surface area (Å²) in [6, 6.07) is 5.16. The summed E-state index contributed by atoms with van der Waals surface area (Å²) in [5.74, 6) is 0.189. The predicted molar refractivity (Wildman–Crippen MR) is 74.3 cm³/mol. The fourth-order valence-corrected chi connectivity index (χ4v) is 2.61. The number of nitrogens with zero attached hydrogens (tertiary/aromatic N) is 1. The van der Waals surface area contributed by atoms with Crippen LogP contribution in [0.2, 0.25) is 0 Å². The molecule has 1 aliphatic carbocycles. The van der Waals surface area contributed by atoms with Gasteiger partial charge >= 0.3 is 0 Å². The Morgan fingerprint density at radius 2 is 2.16 bits per heavy atom. The van der Waals surface area contributed by atoms with Crippen LogP contribution in [-0.4, -0.2) is 22.7 Å². The van der Waals surface area contributed by atoms with E-state index in [1.165, 1.54) is 0 Å². The van der Waals surface area contributed by atoms with Crippen LogP contribution in [0.5, 0.6) is 0 Å². The van der Waals surface area contributed by atoms with Gasteiger partial charge in [0.25, 0.3) is 5.69 Å². The summed E-state index contributed by atoms with van der Waals surface area (Å²) >= 11 is 0. The standard InChI is InChI=1S/C14H20N2O3/c1-10-6-7-12(13(8-10)16(18)19)15-9-11-4-2-3-5-14(11)17/h6-8,11,14-15,17H,2-5,9H2,1H3. The Bertz CT molecular complexity index is 462. The molecule has 0 radical (unpaired) electrons. The van der Waals surface area contributed by atoms with E-state index < -0.39 is 0 Å². The molecule has 2 rings (SSSR count). The molecule has 19 heavy (non-hydrogen) atoms. The molecule has 0 heterocycles. The molecule has 1 aliphatic rings. The minimum atomic E-state index is -0.368. The number of nitro benzene ring substituents is 1. The van der Waals surface area contributed by atoms with Crippen LogP contribution >= 0.6 is 0 Å². The maximum absolute atomic E-state index is 11.0. The molecule has 104 valence electrons. The molecule has 1 saturated carbocycles. The zero-order valence-corrected chi connectivity index (χ0v) is 11.1. The minimum absolute atomic E-state index is 0.102. The van der Waals surface area contributed by atoms with Crippen molar-refractivity contribution in [3.8, 4) is 0 Å². The Hall–Kier alpha value is -1.62. The second-order valence-electron chi connectivity index (χ2n) is 5.27. The Kier molecular flexibility index (Phi) is 4.37. The molecule has 1 aromatic rings. The SMILES string of the molecule is Cc1ccc(NCC2CCCCC2O)c([N+](=O)[O-])c1. The van der Waals surface area contributed by atoms with Crippen molar-refractivity contribution in [1.82, 2.24) is 0 Å². The lowest BCUT2D eigenvalue weighted by atomic mass is 9.86. The Morgan fingerprint density at radius 1 is 1.42 bits per heavy atom. The minimum Gasteiger partial charge on any atom is -0.393 e. The molecule has 0 aliphatic heterocycles. The van der Waals surface area contributed by atoms with Crippen molar-refractivity contribution in [2.75, 3.05) is 11.9 Å². The van der Waals surface area contributed by atoms with E-state index in [0.29, 0.717) is 12.2 Å². The van der Waals surface area contributed by atoms with Crippen molar-refractivity contribution in [3.63, 3.8) is 0 Å². The summed E-state index contributed by atoms with van der Waals surface area (Å²) in [4.78, 5) is 10.6. The maximum Gasteiger partial charge on any atom is 0.292 e. The van der Waals surface area contributed by atoms with E-state index in [9.17, 15) is 15.2 Å². The molecular formula is C14H20N2O3. The number of nitrogens with one attached hydrogen (secondary N) is 1. The topological polar surface area (TPSA) is 75.4 Å². The quantitative estimate of drug-likeness (QED) is 0.647. The van der Waals surface area contributed by atoms with Gasteiger partial charge in [-0.25, -0.2) is 0 Å². The highest BCUT2D eigenvalue weighted by Crippen LogP contribution is 2.28. The van der Waals surface area contributed by atoms with Crippen LogP contribution in [0.15, 0.2) is 18.2 Å². The zero-order chi connectivity index (χ0) is 13.8. The van der Waals surface area contributed by atoms with Crippen molar-refractivity contribution in [1.29, 1.82) is 0 Å². The van der Waals surface area contributed by atoms with E-state index in [1.54, 1.807) is 12.1 Å². The summed E-state index contributed by atoms with van der Waals surface area (Å²) in [7, 11) is 0. The first-order chi connectivity index (χ1) is 9.08. The summed E-state index contributed by atoms with van der Waals surface area (Å²) in [5, 5.41) is 24.0. The van der Waals surface area contributed by atoms with Crippen molar-refractivity contribution in [2.45, 2.75) is 38.7 Å². The summed E-state index contributed by atoms with van der Waals surface area (Å²) in [6.45, 7) is 2.42. The lowest BCUT2D eigenvalue weighted by Crippen LogP contribution is -2.30. The molecule has 0 spiro atoms. The number of hydrogen-bond acceptors (Lipinski definition) is 4. The van der Waals surface area contributed by atoms with Gasteiger partial charge in [-0.3, -0.25) is 10.1 Å². The van der Waals surface area contributed by atoms with Gasteiger partial charge in [0.2, 0.25) is 0 Å². The maximum atomic E-state index is 11.0. The van der Waals surface area contributed by atoms with Crippen LogP contribution in [0.4, 0.5) is 11.4 Å². The highest BCUT2D eigenvalue weighted by Gasteiger charge is 2.23. The van der Waals surface area contributed by atoms with Gasteiger partial charge in [-0.2, -0.15) is 0 Å². The smallest absolute Gasteiger partial charge is 0.292 e. The van der Waals surface area contributed by atoms with E-state index in [2.05, 4.69) is 5.32 Å². The number of aliphatic hydroxyl groups is 1. The second-order valence-corrected chi connectivity index (χ2v) is 5.27. The molecular weight excluding hydrogens is 244 g/mol. The van der Waals surface area contributed by atoms with Gasteiger partial charge in [0.1, 0.15) is 5.69 Å². The number of nitro groups is 1. The second kappa shape index (κ2) is 6.02. The van der Waals surface area contributed by atoms with Gasteiger partial charge in [-0.1, -0.05) is 18.9 Å². The first kappa shape index (κ1) is 13.8. The van der Waals surface area contributed by atoms with Gasteiger partial charge in [0, 0.05) is 18.5 Å². The lowest BCUT2D eigenvalue weighted by molar-refractivity contribution is -0.384. The van der Waals surface area contributed by atoms with Crippen molar-refractivity contribution in [2.24, 2.45) is 5.92 Å². The van der Waals surface area contributed by atoms with Crippen LogP contribution in [-0.2, 0) is 0 Å². The van der Waals surface area contributed by atoms with Crippen molar-refractivity contribution in [3.05, 3.63) is 33.9 Å². The fourth-order valence-electron chi connectivity index (χ4n) is 2.61. The van der Waals surface area contributed by atoms with E-state index in [0.717, 1.165) is 31.2 Å². The van der Waals surface area contributed by atoms with Crippen LogP contribution in [0.25, 0.3) is 0 Å². The summed E-state index contributed by atoms with van der Waals surface area (Å²) in [5.41, 5.74) is 1.51. The Labute approximate surface area is 112 Å². The molecule has 2 unspecified atom stereocenters. The Morgan fingerprint density at radius 3 is 2.84 bits per heavy atom. The third-order valence-corrected chi connectivity index (χ3v) is 3.77. The van der Waals surface area contributed by atoms with Gasteiger partial charge in [0.05, 0.1) is 11.0 Å². The van der Waals surface area contributed by atoms with E-state index >= 15 is 0 Å². The third kappa shape index (κ3) is 3.44. The first-order valence-electron chi connectivity index (χ1n) is 6.75. The highest BCUT2D eigenvalue weighted by molar-refractivity contribution is 5.62. The average Bonchev–Trinajstić information content (AvgIpc) is 2.38. The highest BCUT2D eigenvalue weighted by atomic mass is 16.6. The number of aliphatic hydroxyl groups excluding tert-OH is 1. The number of aryl methyl sites for hydroxylation is 1. The van der Waals surface area contributed by atoms with E-state index in [1.807, 2.05) is 13.0 Å². The molecule has 2 N–H and O–H groups in total. The van der Waals surface area contributed by atoms with Crippen molar-refractivity contribution >= 4 is 11.4 Å². The average molecular weight is 264 g/mol. The van der Waals surface area contributed by atoms with Crippen LogP contribution < -0.4 is 5.32 Å². The molecule has 0 amide bonds. The van der Waals surface area contributed by atoms with Gasteiger partial charge in [-0.05, 0) is 31.4 Å². The van der Waals surface area contributed by atoms with Crippen LogP contribution in [0.1, 0.15) is 31.2 Å². The van der Waals surface area contributed by atoms with Crippen molar-refractivity contribution < 1.29 is 10.0 Å². The summed E-state index contributed by atoms with van der Waals surface area (Å²) in [6.07, 6.45) is 3.73. The van der Waals surface area contributed by atoms with E-state index in [4.69, 9.17) is 0 Å². The molecule has 1 aromatic carbocycles. The first-order valence-corrected chi connectivity index (χ1v) is 6.75. The van der Waals surface area contributed by atoms with Crippen LogP contribution in [0, 0.1) is 23.0 Å². The van der Waals surface area contributed by atoms with Gasteiger partial charge in [-0.15, -0.1) is 0 Å². The predicted octanol–water partition coefficient (Wildman–Crippen LogP) is 2.87. The summed E-state index contributed by atoms with van der Waals surface area (Å²) < 4.78 is 0. The molecule has 2 atom stereocenters. The lowest BCUT2D eigenvalue weighted by Gasteiger charge is -2.27. The van der Waals surface area contributed by atoms with Gasteiger partial charge < -0.3 is 10.4 Å². The normalized spacial score (nSPS) is 23.1. The fraction of sp³-hybridized carbons (Fsp3) is 0.571. The number of anilines is 1. The molecule has 0 aromatic heterocycles. The number of benzene rings is 1. The largest absolute Gasteiger partial charge is 0.393 e. The number of rotatable bonds is 4. The monoisotopic (exact) mass is 264 g/mol. The Balaban J connectivity index is 2.04. The van der Waals surface area contributed by atoms with E-state index in [-0.39, 0.29) is 22.6 Å².